The number of halogens is 4. The van der Waals surface area contributed by atoms with Gasteiger partial charge in [-0.2, -0.15) is 0 Å². The van der Waals surface area contributed by atoms with Gasteiger partial charge in [0, 0.05) is 0 Å². The molecule has 8 nitrogen and oxygen atoms in total. The zero-order chi connectivity index (χ0) is 30.0. The first-order valence-electron chi connectivity index (χ1n) is 13.3. The molecule has 3 aromatic carbocycles. The van der Waals surface area contributed by atoms with E-state index in [0.717, 1.165) is 11.1 Å². The van der Waals surface area contributed by atoms with Gasteiger partial charge in [0.15, 0.2) is 0 Å². The quantitative estimate of drug-likeness (QED) is 0.267. The van der Waals surface area contributed by atoms with Crippen LogP contribution in [-0.4, -0.2) is 63.5 Å². The minimum atomic E-state index is -0.523. The van der Waals surface area contributed by atoms with E-state index >= 15 is 0 Å². The van der Waals surface area contributed by atoms with Crippen molar-refractivity contribution in [3.63, 3.8) is 0 Å². The molecule has 0 aliphatic carbocycles. The van der Waals surface area contributed by atoms with Gasteiger partial charge in [0.05, 0.1) is 7.11 Å². The van der Waals surface area contributed by atoms with Gasteiger partial charge in [0.2, 0.25) is 0 Å². The molecule has 0 spiro atoms. The fourth-order valence-corrected chi connectivity index (χ4v) is 8.65. The molecule has 2 aliphatic heterocycles. The summed E-state index contributed by atoms with van der Waals surface area (Å²) in [5.41, 5.74) is 2.40. The molecule has 0 aromatic heterocycles. The van der Waals surface area contributed by atoms with Gasteiger partial charge < -0.3 is 0 Å². The molecular weight excluding hydrogens is 805 g/mol. The Morgan fingerprint density at radius 1 is 1.00 bits per heavy atom. The second-order valence-corrected chi connectivity index (χ2v) is 14.9. The molecule has 3 aromatic rings. The number of rotatable bonds is 7. The van der Waals surface area contributed by atoms with Crippen molar-refractivity contribution in [2.45, 2.75) is 32.0 Å². The summed E-state index contributed by atoms with van der Waals surface area (Å²) in [7, 11) is 1.60. The zero-order valence-corrected chi connectivity index (χ0v) is 29.0. The first-order valence-corrected chi connectivity index (χ1v) is 21.3. The molecular formula is C30H29Cl2I2N4O4-. The summed E-state index contributed by atoms with van der Waals surface area (Å²) in [5.74, 6) is 1.58. The first kappa shape index (κ1) is 31.1. The third-order valence-corrected chi connectivity index (χ3v) is 11.9. The van der Waals surface area contributed by atoms with Crippen LogP contribution in [0.1, 0.15) is 42.6 Å². The third-order valence-electron chi connectivity index (χ3n) is 7.00. The molecule has 5 rings (SSSR count). The van der Waals surface area contributed by atoms with Crippen LogP contribution in [0.25, 0.3) is 0 Å². The van der Waals surface area contributed by atoms with E-state index in [-0.39, 0.29) is 24.6 Å². The fourth-order valence-electron chi connectivity index (χ4n) is 5.06. The predicted molar refractivity (Wildman–Crippen MR) is 168 cm³/mol. The number of piperazine rings is 1. The Morgan fingerprint density at radius 2 is 1.64 bits per heavy atom. The molecule has 2 heterocycles. The molecule has 2 atom stereocenters. The van der Waals surface area contributed by atoms with E-state index < -0.39 is 29.6 Å². The van der Waals surface area contributed by atoms with Crippen LogP contribution in [0.3, 0.4) is 0 Å². The van der Waals surface area contributed by atoms with Gasteiger partial charge in [-0.15, -0.1) is 0 Å². The number of hydrogen-bond donors (Lipinski definition) is 0. The summed E-state index contributed by atoms with van der Waals surface area (Å²) < 4.78 is 13.6. The number of carbonyl (C=O) groups excluding carboxylic acids is 2. The average molecular weight is 834 g/mol. The number of carbonyl (C=O) groups is 2. The number of amidine groups is 1. The van der Waals surface area contributed by atoms with Gasteiger partial charge in [-0.1, -0.05) is 11.6 Å². The molecule has 0 N–H and O–H groups in total. The normalized spacial score (nSPS) is 19.0. The number of methoxy groups -OCH3 is 1. The zero-order valence-electron chi connectivity index (χ0n) is 23.1. The number of benzene rings is 3. The van der Waals surface area contributed by atoms with Gasteiger partial charge in [0.1, 0.15) is 0 Å². The Bertz CT molecular complexity index is 1490. The number of hydrogen-bond acceptors (Lipinski definition) is 5. The summed E-state index contributed by atoms with van der Waals surface area (Å²) in [6, 6.07) is 19.2. The molecule has 12 heteroatoms. The van der Waals surface area contributed by atoms with Crippen molar-refractivity contribution >= 4 is 59.6 Å². The maximum absolute atomic E-state index is 14.6. The molecule has 0 radical (unpaired) electrons. The maximum atomic E-state index is 14.6. The van der Waals surface area contributed by atoms with Crippen molar-refractivity contribution in [2.75, 3.05) is 26.7 Å². The van der Waals surface area contributed by atoms with E-state index in [4.69, 9.17) is 37.7 Å². The molecule has 3 amide bonds. The number of aliphatic imine (C=N–C) groups is 1. The molecule has 2 unspecified atom stereocenters. The Morgan fingerprint density at radius 3 is 2.21 bits per heavy atom. The molecule has 0 saturated carbocycles. The summed E-state index contributed by atoms with van der Waals surface area (Å²) in [4.78, 5) is 36.0. The predicted octanol–water partition coefficient (Wildman–Crippen LogP) is 3.95. The Kier molecular flexibility index (Phi) is 10.1. The second-order valence-electron chi connectivity index (χ2n) is 10.1. The Balaban J connectivity index is 1.68. The van der Waals surface area contributed by atoms with E-state index in [2.05, 4.69) is 18.6 Å². The Labute approximate surface area is 275 Å². The molecule has 42 heavy (non-hydrogen) atoms. The number of ether oxygens (including phenoxy) is 2. The van der Waals surface area contributed by atoms with E-state index in [1.807, 2.05) is 77.6 Å². The monoisotopic (exact) mass is 833 g/mol. The van der Waals surface area contributed by atoms with Crippen LogP contribution in [0.4, 0.5) is 4.79 Å². The van der Waals surface area contributed by atoms with Crippen LogP contribution in [-0.2, 0) is 4.79 Å². The molecule has 2 aliphatic rings. The standard InChI is InChI=1S/C30H29Cl2I2N4O4/c1-18(2)42-25-16-23(41-3)12-13-24(25)29-35-27(19-4-8-21(31)9-5-19)28(20-6-10-22(32)11-7-20)38(29)30(40)36-14-15-37(34-33)26(39)17-36/h4-13,16,18,27-28H,14-15,17H2,1-3H3/q-1. The second kappa shape index (κ2) is 13.6. The van der Waals surface area contributed by atoms with Crippen LogP contribution < -0.4 is 27.0 Å². The van der Waals surface area contributed by atoms with Crippen LogP contribution in [0.5, 0.6) is 11.5 Å². The molecule has 1 saturated heterocycles. The van der Waals surface area contributed by atoms with E-state index in [0.29, 0.717) is 46.0 Å². The average Bonchev–Trinajstić information content (AvgIpc) is 3.37. The van der Waals surface area contributed by atoms with Gasteiger partial charge >= 0.3 is 259 Å². The summed E-state index contributed by atoms with van der Waals surface area (Å²) >= 11 is 14.4. The van der Waals surface area contributed by atoms with Gasteiger partial charge in [0.25, 0.3) is 0 Å². The number of nitrogens with zero attached hydrogens (tertiary/aromatic N) is 4. The van der Waals surface area contributed by atoms with Crippen molar-refractivity contribution < 1.29 is 36.6 Å². The minimum absolute atomic E-state index is 0.0161. The van der Waals surface area contributed by atoms with Crippen LogP contribution in [0.2, 0.25) is 10.0 Å². The van der Waals surface area contributed by atoms with Gasteiger partial charge in [-0.25, -0.2) is 0 Å². The van der Waals surface area contributed by atoms with Crippen LogP contribution >= 0.6 is 41.8 Å². The van der Waals surface area contributed by atoms with Crippen molar-refractivity contribution in [1.29, 1.82) is 0 Å². The van der Waals surface area contributed by atoms with Crippen LogP contribution in [0, 0.1) is 0 Å². The Hall–Kier alpha value is -2.29. The van der Waals surface area contributed by atoms with Gasteiger partial charge in [-0.05, 0) is 0 Å². The molecule has 222 valence electrons. The van der Waals surface area contributed by atoms with Crippen molar-refractivity contribution in [2.24, 2.45) is 4.99 Å². The molecule has 0 bridgehead atoms. The first-order chi connectivity index (χ1) is 20.2. The molecule has 1 fully saturated rings. The van der Waals surface area contributed by atoms with Crippen molar-refractivity contribution in [1.82, 2.24) is 12.9 Å². The van der Waals surface area contributed by atoms with Crippen molar-refractivity contribution in [3.8, 4) is 11.5 Å². The third kappa shape index (κ3) is 6.61. The van der Waals surface area contributed by atoms with Crippen molar-refractivity contribution in [3.05, 3.63) is 93.5 Å². The summed E-state index contributed by atoms with van der Waals surface area (Å²) in [5, 5.41) is 1.19. The number of amides is 3. The van der Waals surface area contributed by atoms with E-state index in [1.54, 1.807) is 23.0 Å². The van der Waals surface area contributed by atoms with E-state index in [9.17, 15) is 9.59 Å². The SMILES string of the molecule is COc1ccc(C2=NC(c3ccc(Cl)cc3)C(c3ccc(Cl)cc3)N2C(=O)N2CCN([I-]I)C(=O)C2)c(OC(C)C)c1. The van der Waals surface area contributed by atoms with E-state index in [1.165, 1.54) is 0 Å². The summed E-state index contributed by atoms with van der Waals surface area (Å²) in [6.45, 7) is 4.85. The number of urea groups is 1. The summed E-state index contributed by atoms with van der Waals surface area (Å²) in [6.07, 6.45) is -0.136. The van der Waals surface area contributed by atoms with Gasteiger partial charge in [-0.3, -0.25) is 0 Å². The topological polar surface area (TPSA) is 74.7 Å². The van der Waals surface area contributed by atoms with Crippen LogP contribution in [0.15, 0.2) is 71.7 Å². The fraction of sp³-hybridized carbons (Fsp3) is 0.300.